The highest BCUT2D eigenvalue weighted by molar-refractivity contribution is 5.84. The lowest BCUT2D eigenvalue weighted by atomic mass is 9.98. The summed E-state index contributed by atoms with van der Waals surface area (Å²) in [5, 5.41) is 4.90. The van der Waals surface area contributed by atoms with Gasteiger partial charge in [-0.3, -0.25) is 4.90 Å². The zero-order valence-corrected chi connectivity index (χ0v) is 13.3. The first kappa shape index (κ1) is 14.6. The summed E-state index contributed by atoms with van der Waals surface area (Å²) >= 11 is 0. The molecule has 0 radical (unpaired) electrons. The third-order valence-electron chi connectivity index (χ3n) is 4.71. The second-order valence-electron chi connectivity index (χ2n) is 6.16. The van der Waals surface area contributed by atoms with Crippen LogP contribution in [0.25, 0.3) is 10.9 Å². The molecule has 1 fully saturated rings. The van der Waals surface area contributed by atoms with Gasteiger partial charge in [0.2, 0.25) is 0 Å². The van der Waals surface area contributed by atoms with Crippen LogP contribution in [-0.4, -0.2) is 35.6 Å². The van der Waals surface area contributed by atoms with E-state index in [1.54, 1.807) is 0 Å². The summed E-state index contributed by atoms with van der Waals surface area (Å²) in [4.78, 5) is 2.67. The van der Waals surface area contributed by atoms with Gasteiger partial charge in [0.05, 0.1) is 0 Å². The molecule has 1 N–H and O–H groups in total. The molecule has 21 heavy (non-hydrogen) atoms. The Morgan fingerprint density at radius 2 is 1.95 bits per heavy atom. The first-order valence-corrected chi connectivity index (χ1v) is 8.30. The number of para-hydroxylation sites is 1. The Kier molecular flexibility index (Phi) is 4.61. The van der Waals surface area contributed by atoms with Crippen molar-refractivity contribution in [2.75, 3.05) is 26.2 Å². The molecule has 114 valence electrons. The largest absolute Gasteiger partial charge is 0.350 e. The van der Waals surface area contributed by atoms with E-state index in [1.165, 1.54) is 35.7 Å². The molecule has 3 nitrogen and oxygen atoms in total. The van der Waals surface area contributed by atoms with Crippen LogP contribution in [0.15, 0.2) is 30.5 Å². The molecule has 0 unspecified atom stereocenters. The van der Waals surface area contributed by atoms with Crippen LogP contribution < -0.4 is 5.32 Å². The number of nitrogens with zero attached hydrogens (tertiary/aromatic N) is 2. The molecule has 1 aromatic carbocycles. The molecule has 0 amide bonds. The van der Waals surface area contributed by atoms with E-state index in [0.717, 1.165) is 26.2 Å². The number of aromatic nitrogens is 1. The van der Waals surface area contributed by atoms with Crippen molar-refractivity contribution in [2.24, 2.45) is 7.05 Å². The number of fused-ring (bicyclic) bond motifs is 1. The van der Waals surface area contributed by atoms with Crippen molar-refractivity contribution in [2.45, 2.75) is 32.2 Å². The van der Waals surface area contributed by atoms with Crippen molar-refractivity contribution < 1.29 is 0 Å². The van der Waals surface area contributed by atoms with Gasteiger partial charge in [-0.2, -0.15) is 0 Å². The third kappa shape index (κ3) is 2.99. The van der Waals surface area contributed by atoms with E-state index < -0.39 is 0 Å². The highest BCUT2D eigenvalue weighted by Gasteiger charge is 2.24. The van der Waals surface area contributed by atoms with Crippen LogP contribution in [0.2, 0.25) is 0 Å². The fraction of sp³-hybridized carbons (Fsp3) is 0.556. The van der Waals surface area contributed by atoms with Gasteiger partial charge in [0, 0.05) is 56.4 Å². The first-order valence-electron chi connectivity index (χ1n) is 8.30. The molecule has 1 atom stereocenters. The van der Waals surface area contributed by atoms with Gasteiger partial charge in [0.25, 0.3) is 0 Å². The van der Waals surface area contributed by atoms with Crippen LogP contribution in [0.1, 0.15) is 37.8 Å². The molecule has 0 spiro atoms. The number of hydrogen-bond donors (Lipinski definition) is 1. The van der Waals surface area contributed by atoms with Crippen molar-refractivity contribution in [3.8, 4) is 0 Å². The highest BCUT2D eigenvalue weighted by atomic mass is 15.2. The number of nitrogens with one attached hydrogen (secondary N) is 1. The Morgan fingerprint density at radius 3 is 2.71 bits per heavy atom. The summed E-state index contributed by atoms with van der Waals surface area (Å²) in [6.07, 6.45) is 6.20. The van der Waals surface area contributed by atoms with Gasteiger partial charge in [-0.25, -0.2) is 0 Å². The van der Waals surface area contributed by atoms with Gasteiger partial charge in [0.15, 0.2) is 0 Å². The van der Waals surface area contributed by atoms with E-state index in [1.807, 2.05) is 0 Å². The van der Waals surface area contributed by atoms with Crippen LogP contribution in [0.4, 0.5) is 0 Å². The molecular weight excluding hydrogens is 258 g/mol. The number of hydrogen-bond acceptors (Lipinski definition) is 2. The lowest BCUT2D eigenvalue weighted by molar-refractivity contribution is 0.164. The Labute approximate surface area is 127 Å². The number of unbranched alkanes of at least 4 members (excludes halogenated alkanes) is 1. The van der Waals surface area contributed by atoms with Gasteiger partial charge >= 0.3 is 0 Å². The molecule has 2 aromatic rings. The Bertz CT molecular complexity index is 581. The molecular formula is C18H27N3. The highest BCUT2D eigenvalue weighted by Crippen LogP contribution is 2.33. The summed E-state index contributed by atoms with van der Waals surface area (Å²) in [5.74, 6) is 0. The van der Waals surface area contributed by atoms with E-state index in [0.29, 0.717) is 6.04 Å². The van der Waals surface area contributed by atoms with Gasteiger partial charge in [0.1, 0.15) is 0 Å². The van der Waals surface area contributed by atoms with E-state index >= 15 is 0 Å². The topological polar surface area (TPSA) is 20.2 Å². The van der Waals surface area contributed by atoms with Crippen LogP contribution in [0.5, 0.6) is 0 Å². The second-order valence-corrected chi connectivity index (χ2v) is 6.16. The molecule has 1 saturated heterocycles. The molecule has 3 rings (SSSR count). The van der Waals surface area contributed by atoms with Crippen LogP contribution >= 0.6 is 0 Å². The summed E-state index contributed by atoms with van der Waals surface area (Å²) in [6.45, 7) is 6.86. The predicted molar refractivity (Wildman–Crippen MR) is 89.6 cm³/mol. The normalized spacial score (nSPS) is 18.2. The van der Waals surface area contributed by atoms with Gasteiger partial charge in [-0.15, -0.1) is 0 Å². The molecule has 0 aliphatic carbocycles. The van der Waals surface area contributed by atoms with Crippen LogP contribution in [0, 0.1) is 0 Å². The number of rotatable bonds is 5. The molecule has 1 aliphatic heterocycles. The minimum Gasteiger partial charge on any atom is -0.350 e. The third-order valence-corrected chi connectivity index (χ3v) is 4.71. The zero-order chi connectivity index (χ0) is 14.7. The van der Waals surface area contributed by atoms with Gasteiger partial charge < -0.3 is 9.88 Å². The van der Waals surface area contributed by atoms with Crippen molar-refractivity contribution in [1.82, 2.24) is 14.8 Å². The Hall–Kier alpha value is -1.32. The number of piperazine rings is 1. The molecule has 3 heteroatoms. The average molecular weight is 285 g/mol. The maximum atomic E-state index is 3.47. The maximum absolute atomic E-state index is 3.47. The Morgan fingerprint density at radius 1 is 1.19 bits per heavy atom. The monoisotopic (exact) mass is 285 g/mol. The van der Waals surface area contributed by atoms with Crippen molar-refractivity contribution >= 4 is 10.9 Å². The van der Waals surface area contributed by atoms with Crippen molar-refractivity contribution in [3.63, 3.8) is 0 Å². The summed E-state index contributed by atoms with van der Waals surface area (Å²) < 4.78 is 2.28. The number of benzene rings is 1. The van der Waals surface area contributed by atoms with Crippen molar-refractivity contribution in [3.05, 3.63) is 36.0 Å². The minimum atomic E-state index is 0.568. The predicted octanol–water partition coefficient (Wildman–Crippen LogP) is 3.31. The van der Waals surface area contributed by atoms with Crippen LogP contribution in [0.3, 0.4) is 0 Å². The first-order chi connectivity index (χ1) is 10.3. The minimum absolute atomic E-state index is 0.568. The van der Waals surface area contributed by atoms with Gasteiger partial charge in [-0.05, 0) is 18.1 Å². The van der Waals surface area contributed by atoms with Crippen LogP contribution in [-0.2, 0) is 7.05 Å². The lowest BCUT2D eigenvalue weighted by Crippen LogP contribution is -2.45. The molecule has 1 aromatic heterocycles. The smallest absolute Gasteiger partial charge is 0.0481 e. The van der Waals surface area contributed by atoms with E-state index in [-0.39, 0.29) is 0 Å². The lowest BCUT2D eigenvalue weighted by Gasteiger charge is -2.35. The molecule has 1 aliphatic rings. The van der Waals surface area contributed by atoms with Gasteiger partial charge in [-0.1, -0.05) is 38.0 Å². The summed E-state index contributed by atoms with van der Waals surface area (Å²) in [5.41, 5.74) is 2.87. The van der Waals surface area contributed by atoms with E-state index in [9.17, 15) is 0 Å². The van der Waals surface area contributed by atoms with Crippen molar-refractivity contribution in [1.29, 1.82) is 0 Å². The summed E-state index contributed by atoms with van der Waals surface area (Å²) in [6, 6.07) is 9.38. The fourth-order valence-corrected chi connectivity index (χ4v) is 3.56. The standard InChI is InChI=1S/C18H27N3/c1-3-4-8-18(21-12-10-19-11-13-21)16-14-20(2)17-9-6-5-7-15(16)17/h5-7,9,14,18-19H,3-4,8,10-13H2,1-2H3/t18-/m0/s1. The van der Waals surface area contributed by atoms with E-state index in [4.69, 9.17) is 0 Å². The molecule has 0 bridgehead atoms. The maximum Gasteiger partial charge on any atom is 0.0481 e. The van der Waals surface area contributed by atoms with E-state index in [2.05, 4.69) is 59.2 Å². The molecule has 0 saturated carbocycles. The number of aryl methyl sites for hydroxylation is 1. The molecule has 2 heterocycles. The SMILES string of the molecule is CCCC[C@@H](c1cn(C)c2ccccc12)N1CCNCC1. The quantitative estimate of drug-likeness (QED) is 0.909. The summed E-state index contributed by atoms with van der Waals surface area (Å²) in [7, 11) is 2.17. The average Bonchev–Trinajstić information content (AvgIpc) is 2.87. The zero-order valence-electron chi connectivity index (χ0n) is 13.3. The second kappa shape index (κ2) is 6.63. The Balaban J connectivity index is 1.96. The fourth-order valence-electron chi connectivity index (χ4n) is 3.56.